The number of nitrogens with one attached hydrogen (secondary N) is 2. The number of allylic oxidation sites excluding steroid dienone is 2. The lowest BCUT2D eigenvalue weighted by Gasteiger charge is -2.31. The molecule has 2 aromatic heterocycles. The summed E-state index contributed by atoms with van der Waals surface area (Å²) in [6.07, 6.45) is 11.3. The Hall–Kier alpha value is -3.98. The van der Waals surface area contributed by atoms with E-state index in [1.54, 1.807) is 24.3 Å². The predicted molar refractivity (Wildman–Crippen MR) is 138 cm³/mol. The van der Waals surface area contributed by atoms with Gasteiger partial charge in [-0.05, 0) is 67.0 Å². The first-order chi connectivity index (χ1) is 17.0. The van der Waals surface area contributed by atoms with Crippen LogP contribution in [0.25, 0.3) is 11.0 Å². The number of anilines is 2. The van der Waals surface area contributed by atoms with Crippen LogP contribution in [0.5, 0.6) is 5.75 Å². The van der Waals surface area contributed by atoms with Gasteiger partial charge in [-0.15, -0.1) is 0 Å². The van der Waals surface area contributed by atoms with Gasteiger partial charge >= 0.3 is 0 Å². The minimum absolute atomic E-state index is 0.0246. The SMILES string of the molecule is C=CC(=O)N1CCC(c2c[nH]c3ncnc(Nc4ccc(OC/C(N)=C/C=C\N)c(Cl)c4)c23)CC1. The van der Waals surface area contributed by atoms with Gasteiger partial charge in [0.1, 0.15) is 30.1 Å². The zero-order valence-electron chi connectivity index (χ0n) is 19.2. The number of nitrogens with zero attached hydrogens (tertiary/aromatic N) is 3. The highest BCUT2D eigenvalue weighted by atomic mass is 35.5. The van der Waals surface area contributed by atoms with Crippen molar-refractivity contribution in [3.63, 3.8) is 0 Å². The minimum Gasteiger partial charge on any atom is -0.486 e. The Bertz CT molecular complexity index is 1280. The maximum Gasteiger partial charge on any atom is 0.245 e. The van der Waals surface area contributed by atoms with Gasteiger partial charge in [-0.1, -0.05) is 18.2 Å². The zero-order chi connectivity index (χ0) is 24.8. The average molecular weight is 494 g/mol. The van der Waals surface area contributed by atoms with Crippen molar-refractivity contribution in [1.29, 1.82) is 0 Å². The van der Waals surface area contributed by atoms with Crippen molar-refractivity contribution in [3.05, 3.63) is 78.0 Å². The number of carbonyl (C=O) groups is 1. The van der Waals surface area contributed by atoms with Crippen LogP contribution in [0.3, 0.4) is 0 Å². The maximum atomic E-state index is 11.9. The van der Waals surface area contributed by atoms with Gasteiger partial charge in [0.05, 0.1) is 10.4 Å². The number of nitrogens with two attached hydrogens (primary N) is 2. The van der Waals surface area contributed by atoms with Crippen LogP contribution < -0.4 is 21.5 Å². The minimum atomic E-state index is -0.0246. The van der Waals surface area contributed by atoms with Gasteiger partial charge in [0, 0.05) is 30.7 Å². The summed E-state index contributed by atoms with van der Waals surface area (Å²) in [6.45, 7) is 5.16. The molecular formula is C25H28ClN7O2. The van der Waals surface area contributed by atoms with E-state index < -0.39 is 0 Å². The van der Waals surface area contributed by atoms with E-state index in [9.17, 15) is 4.79 Å². The summed E-state index contributed by atoms with van der Waals surface area (Å²) >= 11 is 6.45. The second-order valence-electron chi connectivity index (χ2n) is 8.18. The molecule has 0 aliphatic carbocycles. The van der Waals surface area contributed by atoms with Gasteiger partial charge in [0.25, 0.3) is 0 Å². The molecule has 9 nitrogen and oxygen atoms in total. The van der Waals surface area contributed by atoms with E-state index in [1.165, 1.54) is 18.6 Å². The van der Waals surface area contributed by atoms with Gasteiger partial charge in [-0.25, -0.2) is 9.97 Å². The Labute approximate surface area is 208 Å². The molecule has 182 valence electrons. The van der Waals surface area contributed by atoms with Crippen LogP contribution in [-0.2, 0) is 4.79 Å². The van der Waals surface area contributed by atoms with E-state index in [0.717, 1.165) is 35.1 Å². The number of hydrogen-bond acceptors (Lipinski definition) is 7. The lowest BCUT2D eigenvalue weighted by Crippen LogP contribution is -2.36. The van der Waals surface area contributed by atoms with Gasteiger partial charge in [-0.2, -0.15) is 0 Å². The molecule has 4 rings (SSSR count). The van der Waals surface area contributed by atoms with Crippen molar-refractivity contribution < 1.29 is 9.53 Å². The first-order valence-corrected chi connectivity index (χ1v) is 11.6. The van der Waals surface area contributed by atoms with E-state index in [-0.39, 0.29) is 18.4 Å². The maximum absolute atomic E-state index is 11.9. The molecule has 0 radical (unpaired) electrons. The van der Waals surface area contributed by atoms with Crippen molar-refractivity contribution in [3.8, 4) is 5.75 Å². The van der Waals surface area contributed by atoms with Gasteiger partial charge in [0.2, 0.25) is 5.91 Å². The fourth-order valence-corrected chi connectivity index (χ4v) is 4.40. The largest absolute Gasteiger partial charge is 0.486 e. The van der Waals surface area contributed by atoms with Crippen molar-refractivity contribution in [1.82, 2.24) is 19.9 Å². The van der Waals surface area contributed by atoms with Crippen LogP contribution in [0.15, 0.2) is 67.4 Å². The summed E-state index contributed by atoms with van der Waals surface area (Å²) < 4.78 is 5.70. The molecule has 1 aliphatic heterocycles. The summed E-state index contributed by atoms with van der Waals surface area (Å²) in [6, 6.07) is 5.41. The number of halogens is 1. The topological polar surface area (TPSA) is 135 Å². The molecule has 3 heterocycles. The quantitative estimate of drug-likeness (QED) is 0.275. The van der Waals surface area contributed by atoms with Gasteiger partial charge < -0.3 is 31.4 Å². The smallest absolute Gasteiger partial charge is 0.245 e. The van der Waals surface area contributed by atoms with Crippen LogP contribution in [0, 0.1) is 0 Å². The monoisotopic (exact) mass is 493 g/mol. The standard InChI is InChI=1S/C25H28ClN7O2/c1-2-22(34)33-10-7-16(8-11-33)19-13-29-24-23(19)25(31-15-30-24)32-18-5-6-21(20(26)12-18)35-14-17(28)4-3-9-27/h2-6,9,12-13,15-16H,1,7-8,10-11,14,27-28H2,(H2,29,30,31,32)/b9-3-,17-4-. The third-order valence-corrected chi connectivity index (χ3v) is 6.23. The number of likely N-dealkylation sites (tertiary alicyclic amines) is 1. The summed E-state index contributed by atoms with van der Waals surface area (Å²) in [5, 5.41) is 4.74. The average Bonchev–Trinajstić information content (AvgIpc) is 3.32. The number of aromatic nitrogens is 3. The normalized spacial score (nSPS) is 15.0. The number of hydrogen-bond donors (Lipinski definition) is 4. The number of H-pyrrole nitrogens is 1. The van der Waals surface area contributed by atoms with Crippen LogP contribution >= 0.6 is 11.6 Å². The van der Waals surface area contributed by atoms with Crippen LogP contribution in [0.2, 0.25) is 5.02 Å². The van der Waals surface area contributed by atoms with E-state index in [2.05, 4.69) is 26.8 Å². The molecule has 10 heteroatoms. The molecule has 0 atom stereocenters. The molecule has 1 aliphatic rings. The van der Waals surface area contributed by atoms with Crippen molar-refractivity contribution >= 4 is 40.0 Å². The molecule has 0 saturated carbocycles. The molecule has 1 amide bonds. The Morgan fingerprint density at radius 1 is 1.34 bits per heavy atom. The third kappa shape index (κ3) is 5.58. The van der Waals surface area contributed by atoms with Crippen LogP contribution in [0.1, 0.15) is 24.3 Å². The molecule has 35 heavy (non-hydrogen) atoms. The second-order valence-corrected chi connectivity index (χ2v) is 8.59. The Morgan fingerprint density at radius 2 is 2.14 bits per heavy atom. The fourth-order valence-electron chi connectivity index (χ4n) is 4.16. The van der Waals surface area contributed by atoms with Crippen molar-refractivity contribution in [2.75, 3.05) is 25.0 Å². The Kier molecular flexibility index (Phi) is 7.57. The molecular weight excluding hydrogens is 466 g/mol. The molecule has 1 fully saturated rings. The number of ether oxygens (including phenoxy) is 1. The van der Waals surface area contributed by atoms with Crippen molar-refractivity contribution in [2.24, 2.45) is 11.5 Å². The Balaban J connectivity index is 1.51. The fraction of sp³-hybridized carbons (Fsp3) is 0.240. The highest BCUT2D eigenvalue weighted by Gasteiger charge is 2.26. The molecule has 0 spiro atoms. The Morgan fingerprint density at radius 3 is 2.86 bits per heavy atom. The van der Waals surface area contributed by atoms with Gasteiger partial charge in [0.15, 0.2) is 0 Å². The number of aromatic amines is 1. The summed E-state index contributed by atoms with van der Waals surface area (Å²) in [5.41, 5.74) is 14.3. The molecule has 1 saturated heterocycles. The highest BCUT2D eigenvalue weighted by molar-refractivity contribution is 6.32. The lowest BCUT2D eigenvalue weighted by molar-refractivity contribution is -0.127. The van der Waals surface area contributed by atoms with E-state index >= 15 is 0 Å². The summed E-state index contributed by atoms with van der Waals surface area (Å²) in [7, 11) is 0. The number of piperidine rings is 1. The van der Waals surface area contributed by atoms with Crippen molar-refractivity contribution in [2.45, 2.75) is 18.8 Å². The first-order valence-electron chi connectivity index (χ1n) is 11.3. The number of benzene rings is 1. The highest BCUT2D eigenvalue weighted by Crippen LogP contribution is 2.37. The molecule has 0 bridgehead atoms. The second kappa shape index (κ2) is 11.0. The number of amides is 1. The van der Waals surface area contributed by atoms with Crippen LogP contribution in [-0.4, -0.2) is 45.5 Å². The molecule has 1 aromatic carbocycles. The molecule has 0 unspecified atom stereocenters. The number of rotatable bonds is 8. The summed E-state index contributed by atoms with van der Waals surface area (Å²) in [4.78, 5) is 25.9. The van der Waals surface area contributed by atoms with Crippen LogP contribution in [0.4, 0.5) is 11.5 Å². The predicted octanol–water partition coefficient (Wildman–Crippen LogP) is 3.94. The zero-order valence-corrected chi connectivity index (χ0v) is 20.0. The van der Waals surface area contributed by atoms with Gasteiger partial charge in [-0.3, -0.25) is 4.79 Å². The van der Waals surface area contributed by atoms with E-state index in [4.69, 9.17) is 27.8 Å². The molecule has 3 aromatic rings. The number of fused-ring (bicyclic) bond motifs is 1. The van der Waals surface area contributed by atoms with E-state index in [0.29, 0.717) is 35.4 Å². The lowest BCUT2D eigenvalue weighted by atomic mass is 9.89. The molecule has 6 N–H and O–H groups in total. The number of carbonyl (C=O) groups excluding carboxylic acids is 1. The van der Waals surface area contributed by atoms with E-state index in [1.807, 2.05) is 17.2 Å². The first kappa shape index (κ1) is 24.2. The third-order valence-electron chi connectivity index (χ3n) is 5.93. The summed E-state index contributed by atoms with van der Waals surface area (Å²) in [5.74, 6) is 1.46.